The number of amides is 1. The molecule has 7 nitrogen and oxygen atoms in total. The second-order valence-electron chi connectivity index (χ2n) is 5.72. The van der Waals surface area contributed by atoms with Gasteiger partial charge in [-0.15, -0.1) is 10.2 Å². The monoisotopic (exact) mass is 330 g/mol. The van der Waals surface area contributed by atoms with Crippen LogP contribution < -0.4 is 14.8 Å². The second kappa shape index (κ2) is 6.90. The summed E-state index contributed by atoms with van der Waals surface area (Å²) >= 11 is 0. The number of nitrogens with one attached hydrogen (secondary N) is 1. The van der Waals surface area contributed by atoms with Crippen LogP contribution in [0.4, 0.5) is 0 Å². The maximum atomic E-state index is 12.5. The maximum absolute atomic E-state index is 12.5. The molecule has 128 valence electrons. The third kappa shape index (κ3) is 3.06. The molecule has 1 aliphatic rings. The molecule has 0 saturated carbocycles. The van der Waals surface area contributed by atoms with E-state index in [9.17, 15) is 4.79 Å². The smallest absolute Gasteiger partial charge is 0.252 e. The summed E-state index contributed by atoms with van der Waals surface area (Å²) in [5.74, 6) is 2.78. The third-order valence-electron chi connectivity index (χ3n) is 4.10. The van der Waals surface area contributed by atoms with E-state index >= 15 is 0 Å². The average molecular weight is 330 g/mol. The van der Waals surface area contributed by atoms with Gasteiger partial charge in [-0.1, -0.05) is 0 Å². The molecule has 7 heteroatoms. The molecule has 0 saturated heterocycles. The Morgan fingerprint density at radius 2 is 2.21 bits per heavy atom. The number of methoxy groups -OCH3 is 1. The molecule has 1 aliphatic heterocycles. The lowest BCUT2D eigenvalue weighted by molar-refractivity contribution is 0.0937. The number of carbonyl (C=O) groups is 1. The molecule has 0 bridgehead atoms. The van der Waals surface area contributed by atoms with Crippen LogP contribution >= 0.6 is 0 Å². The predicted molar refractivity (Wildman–Crippen MR) is 88.4 cm³/mol. The van der Waals surface area contributed by atoms with Gasteiger partial charge in [0.15, 0.2) is 17.3 Å². The summed E-state index contributed by atoms with van der Waals surface area (Å²) in [4.78, 5) is 12.5. The molecule has 0 spiro atoms. The van der Waals surface area contributed by atoms with E-state index in [0.29, 0.717) is 23.7 Å². The summed E-state index contributed by atoms with van der Waals surface area (Å²) in [5.41, 5.74) is 0.517. The normalized spacial score (nSPS) is 14.1. The van der Waals surface area contributed by atoms with Crippen molar-refractivity contribution in [3.05, 3.63) is 35.4 Å². The van der Waals surface area contributed by atoms with Gasteiger partial charge in [-0.25, -0.2) is 0 Å². The minimum Gasteiger partial charge on any atom is -0.493 e. The van der Waals surface area contributed by atoms with Crippen molar-refractivity contribution in [1.82, 2.24) is 20.1 Å². The van der Waals surface area contributed by atoms with Gasteiger partial charge in [-0.3, -0.25) is 4.79 Å². The Bertz CT molecular complexity index is 741. The van der Waals surface area contributed by atoms with E-state index in [1.807, 2.05) is 13.8 Å². The van der Waals surface area contributed by atoms with Crippen LogP contribution in [0.5, 0.6) is 11.5 Å². The SMILES string of the molecule is CCOc1ccc(C(=O)N[C@@H](C)c2nnc3n2CCC3)cc1OC. The molecule has 0 radical (unpaired) electrons. The number of hydrogen-bond acceptors (Lipinski definition) is 5. The van der Waals surface area contributed by atoms with Gasteiger partial charge in [0, 0.05) is 18.5 Å². The molecule has 0 fully saturated rings. The first-order valence-electron chi connectivity index (χ1n) is 8.17. The van der Waals surface area contributed by atoms with Crippen molar-refractivity contribution < 1.29 is 14.3 Å². The lowest BCUT2D eigenvalue weighted by Gasteiger charge is -2.15. The summed E-state index contributed by atoms with van der Waals surface area (Å²) in [5, 5.41) is 11.4. The molecule has 1 amide bonds. The minimum absolute atomic E-state index is 0.181. The Labute approximate surface area is 141 Å². The fourth-order valence-corrected chi connectivity index (χ4v) is 2.92. The largest absolute Gasteiger partial charge is 0.493 e. The summed E-state index contributed by atoms with van der Waals surface area (Å²) in [6.07, 6.45) is 2.03. The molecule has 1 aromatic heterocycles. The van der Waals surface area contributed by atoms with E-state index in [4.69, 9.17) is 9.47 Å². The topological polar surface area (TPSA) is 78.3 Å². The van der Waals surface area contributed by atoms with Gasteiger partial charge in [0.2, 0.25) is 0 Å². The summed E-state index contributed by atoms with van der Waals surface area (Å²) in [6.45, 7) is 5.27. The van der Waals surface area contributed by atoms with Gasteiger partial charge in [-0.2, -0.15) is 0 Å². The first-order valence-corrected chi connectivity index (χ1v) is 8.17. The summed E-state index contributed by atoms with van der Waals surface area (Å²) in [6, 6.07) is 4.94. The molecule has 1 aromatic carbocycles. The fourth-order valence-electron chi connectivity index (χ4n) is 2.92. The Hall–Kier alpha value is -2.57. The van der Waals surface area contributed by atoms with Crippen LogP contribution in [0, 0.1) is 0 Å². The molecule has 1 N–H and O–H groups in total. The number of fused-ring (bicyclic) bond motifs is 1. The van der Waals surface area contributed by atoms with Crippen LogP contribution in [0.2, 0.25) is 0 Å². The van der Waals surface area contributed by atoms with E-state index in [2.05, 4.69) is 20.1 Å². The lowest BCUT2D eigenvalue weighted by atomic mass is 10.1. The number of aromatic nitrogens is 3. The van der Waals surface area contributed by atoms with Crippen molar-refractivity contribution in [2.45, 2.75) is 39.3 Å². The quantitative estimate of drug-likeness (QED) is 0.878. The van der Waals surface area contributed by atoms with Crippen molar-refractivity contribution in [2.75, 3.05) is 13.7 Å². The first kappa shape index (κ1) is 16.3. The standard InChI is InChI=1S/C17H22N4O3/c1-4-24-13-8-7-12(10-14(13)23-3)17(22)18-11(2)16-20-19-15-6-5-9-21(15)16/h7-8,10-11H,4-6,9H2,1-3H3,(H,18,22)/t11-/m0/s1. The highest BCUT2D eigenvalue weighted by molar-refractivity contribution is 5.95. The molecule has 2 aromatic rings. The van der Waals surface area contributed by atoms with Crippen LogP contribution in [0.15, 0.2) is 18.2 Å². The predicted octanol–water partition coefficient (Wildman–Crippen LogP) is 2.12. The van der Waals surface area contributed by atoms with Crippen LogP contribution in [0.1, 0.15) is 48.3 Å². The fraction of sp³-hybridized carbons (Fsp3) is 0.471. The van der Waals surface area contributed by atoms with E-state index in [-0.39, 0.29) is 11.9 Å². The van der Waals surface area contributed by atoms with E-state index < -0.39 is 0 Å². The van der Waals surface area contributed by atoms with Crippen molar-refractivity contribution in [2.24, 2.45) is 0 Å². The van der Waals surface area contributed by atoms with Gasteiger partial charge < -0.3 is 19.4 Å². The molecule has 24 heavy (non-hydrogen) atoms. The lowest BCUT2D eigenvalue weighted by Crippen LogP contribution is -2.28. The van der Waals surface area contributed by atoms with E-state index in [0.717, 1.165) is 31.0 Å². The van der Waals surface area contributed by atoms with Gasteiger partial charge in [0.1, 0.15) is 5.82 Å². The van der Waals surface area contributed by atoms with Crippen molar-refractivity contribution >= 4 is 5.91 Å². The number of rotatable bonds is 6. The number of hydrogen-bond donors (Lipinski definition) is 1. The van der Waals surface area contributed by atoms with Gasteiger partial charge in [0.05, 0.1) is 19.8 Å². The molecule has 1 atom stereocenters. The van der Waals surface area contributed by atoms with Crippen LogP contribution in [-0.2, 0) is 13.0 Å². The summed E-state index contributed by atoms with van der Waals surface area (Å²) < 4.78 is 12.9. The highest BCUT2D eigenvalue weighted by Crippen LogP contribution is 2.28. The highest BCUT2D eigenvalue weighted by Gasteiger charge is 2.23. The molecule has 0 aliphatic carbocycles. The van der Waals surface area contributed by atoms with Gasteiger partial charge in [0.25, 0.3) is 5.91 Å². The Balaban J connectivity index is 1.74. The second-order valence-corrected chi connectivity index (χ2v) is 5.72. The Kier molecular flexibility index (Phi) is 4.69. The van der Waals surface area contributed by atoms with Crippen LogP contribution in [-0.4, -0.2) is 34.4 Å². The zero-order valence-electron chi connectivity index (χ0n) is 14.2. The summed E-state index contributed by atoms with van der Waals surface area (Å²) in [7, 11) is 1.56. The van der Waals surface area contributed by atoms with Crippen molar-refractivity contribution in [3.63, 3.8) is 0 Å². The van der Waals surface area contributed by atoms with Gasteiger partial charge in [-0.05, 0) is 38.5 Å². The molecule has 2 heterocycles. The third-order valence-corrected chi connectivity index (χ3v) is 4.10. The molecular formula is C17H22N4O3. The van der Waals surface area contributed by atoms with E-state index in [1.165, 1.54) is 0 Å². The Morgan fingerprint density at radius 3 is 2.96 bits per heavy atom. The number of carbonyl (C=O) groups excluding carboxylic acids is 1. The number of benzene rings is 1. The minimum atomic E-state index is -0.214. The highest BCUT2D eigenvalue weighted by atomic mass is 16.5. The Morgan fingerprint density at radius 1 is 1.38 bits per heavy atom. The molecule has 0 unspecified atom stereocenters. The number of nitrogens with zero attached hydrogens (tertiary/aromatic N) is 3. The van der Waals surface area contributed by atoms with E-state index in [1.54, 1.807) is 25.3 Å². The first-order chi connectivity index (χ1) is 11.6. The van der Waals surface area contributed by atoms with Crippen LogP contribution in [0.25, 0.3) is 0 Å². The van der Waals surface area contributed by atoms with Crippen molar-refractivity contribution in [3.8, 4) is 11.5 Å². The number of aryl methyl sites for hydroxylation is 1. The van der Waals surface area contributed by atoms with Gasteiger partial charge >= 0.3 is 0 Å². The molecular weight excluding hydrogens is 308 g/mol. The molecule has 3 rings (SSSR count). The zero-order valence-corrected chi connectivity index (χ0v) is 14.2. The maximum Gasteiger partial charge on any atom is 0.252 e. The zero-order chi connectivity index (χ0) is 17.1. The van der Waals surface area contributed by atoms with Crippen LogP contribution in [0.3, 0.4) is 0 Å². The van der Waals surface area contributed by atoms with Crippen molar-refractivity contribution in [1.29, 1.82) is 0 Å². The number of ether oxygens (including phenoxy) is 2. The average Bonchev–Trinajstić information content (AvgIpc) is 3.18.